The monoisotopic (exact) mass is 480 g/mol. The summed E-state index contributed by atoms with van der Waals surface area (Å²) in [6.07, 6.45) is 3.93. The third kappa shape index (κ3) is 3.30. The van der Waals surface area contributed by atoms with E-state index >= 15 is 0 Å². The highest BCUT2D eigenvalue weighted by Gasteiger charge is 2.45. The standard InChI is InChI=1S/C29H28N4O3/c1-16-14-22(18(3)30-23-11-7-6-10-21(23)29(35)36)27-31-26(17(2)28(34)32(27)15-16)33-24-12-13-25(33)20-9-5-4-8-19(20)24/h4-11,14-15,18,24-25,30H,12-13H2,1-3H3,(H,35,36)/t18-,24?,25?/m1/s1. The quantitative estimate of drug-likeness (QED) is 0.388. The van der Waals surface area contributed by atoms with E-state index in [-0.39, 0.29) is 29.2 Å². The van der Waals surface area contributed by atoms with Gasteiger partial charge in [0.05, 0.1) is 29.3 Å². The molecule has 2 aliphatic heterocycles. The lowest BCUT2D eigenvalue weighted by molar-refractivity contribution is 0.0698. The van der Waals surface area contributed by atoms with Crippen LogP contribution in [0, 0.1) is 13.8 Å². The lowest BCUT2D eigenvalue weighted by atomic mass is 9.92. The Morgan fingerprint density at radius 3 is 2.36 bits per heavy atom. The van der Waals surface area contributed by atoms with Crippen LogP contribution in [0.1, 0.15) is 76.1 Å². The summed E-state index contributed by atoms with van der Waals surface area (Å²) in [5.41, 5.74) is 6.33. The molecule has 2 unspecified atom stereocenters. The van der Waals surface area contributed by atoms with Crippen molar-refractivity contribution in [1.29, 1.82) is 0 Å². The largest absolute Gasteiger partial charge is 0.478 e. The van der Waals surface area contributed by atoms with Gasteiger partial charge in [0.15, 0.2) is 0 Å². The maximum atomic E-state index is 13.6. The van der Waals surface area contributed by atoms with Crippen molar-refractivity contribution in [2.45, 2.75) is 51.7 Å². The van der Waals surface area contributed by atoms with E-state index in [0.717, 1.165) is 29.8 Å². The number of rotatable bonds is 5. The highest BCUT2D eigenvalue weighted by atomic mass is 16.4. The summed E-state index contributed by atoms with van der Waals surface area (Å²) in [5, 5.41) is 13.0. The van der Waals surface area contributed by atoms with Gasteiger partial charge in [0.2, 0.25) is 0 Å². The number of aryl methyl sites for hydroxylation is 1. The molecule has 36 heavy (non-hydrogen) atoms. The maximum Gasteiger partial charge on any atom is 0.337 e. The number of aromatic carboxylic acids is 1. The molecule has 6 rings (SSSR count). The van der Waals surface area contributed by atoms with Crippen LogP contribution in [0.4, 0.5) is 11.5 Å². The van der Waals surface area contributed by atoms with Crippen molar-refractivity contribution in [3.63, 3.8) is 0 Å². The molecular formula is C29H28N4O3. The molecule has 1 saturated heterocycles. The highest BCUT2D eigenvalue weighted by Crippen LogP contribution is 2.54. The Kier molecular flexibility index (Phi) is 5.10. The number of benzene rings is 2. The molecule has 4 aromatic rings. The van der Waals surface area contributed by atoms with Crippen LogP contribution in [0.25, 0.3) is 5.65 Å². The molecule has 3 atom stereocenters. The first-order chi connectivity index (χ1) is 17.3. The van der Waals surface area contributed by atoms with Crippen LogP contribution in [0.3, 0.4) is 0 Å². The maximum absolute atomic E-state index is 13.6. The van der Waals surface area contributed by atoms with Gasteiger partial charge in [-0.25, -0.2) is 9.78 Å². The zero-order valence-corrected chi connectivity index (χ0v) is 20.5. The van der Waals surface area contributed by atoms with Crippen LogP contribution in [0.15, 0.2) is 65.6 Å². The second kappa shape index (κ2) is 8.22. The molecule has 0 amide bonds. The summed E-state index contributed by atoms with van der Waals surface area (Å²) in [5.74, 6) is -0.248. The average molecular weight is 481 g/mol. The van der Waals surface area contributed by atoms with E-state index in [0.29, 0.717) is 16.9 Å². The first-order valence-corrected chi connectivity index (χ1v) is 12.3. The van der Waals surface area contributed by atoms with E-state index in [1.165, 1.54) is 11.1 Å². The van der Waals surface area contributed by atoms with Crippen molar-refractivity contribution < 1.29 is 9.90 Å². The number of carboxylic acids is 1. The van der Waals surface area contributed by atoms with E-state index in [2.05, 4.69) is 34.5 Å². The van der Waals surface area contributed by atoms with Crippen LogP contribution in [0.5, 0.6) is 0 Å². The van der Waals surface area contributed by atoms with Crippen molar-refractivity contribution in [2.75, 3.05) is 10.2 Å². The van der Waals surface area contributed by atoms with Crippen molar-refractivity contribution in [3.05, 3.63) is 105 Å². The van der Waals surface area contributed by atoms with Gasteiger partial charge in [-0.2, -0.15) is 0 Å². The molecule has 7 nitrogen and oxygen atoms in total. The summed E-state index contributed by atoms with van der Waals surface area (Å²) in [6, 6.07) is 17.6. The number of hydrogen-bond acceptors (Lipinski definition) is 5. The van der Waals surface area contributed by atoms with Gasteiger partial charge in [0.1, 0.15) is 11.5 Å². The van der Waals surface area contributed by atoms with Gasteiger partial charge in [0, 0.05) is 17.4 Å². The lowest BCUT2D eigenvalue weighted by Crippen LogP contribution is -2.28. The zero-order chi connectivity index (χ0) is 25.1. The Balaban J connectivity index is 1.48. The Bertz CT molecular complexity index is 1560. The minimum Gasteiger partial charge on any atom is -0.478 e. The van der Waals surface area contributed by atoms with Crippen molar-refractivity contribution in [3.8, 4) is 0 Å². The molecular weight excluding hydrogens is 452 g/mol. The van der Waals surface area contributed by atoms with Crippen molar-refractivity contribution >= 4 is 23.1 Å². The van der Waals surface area contributed by atoms with Gasteiger partial charge >= 0.3 is 5.97 Å². The normalized spacial score (nSPS) is 18.9. The van der Waals surface area contributed by atoms with Gasteiger partial charge in [-0.1, -0.05) is 36.4 Å². The number of carboxylic acid groups (broad SMARTS) is 1. The Hall–Kier alpha value is -4.13. The smallest absolute Gasteiger partial charge is 0.337 e. The number of nitrogens with one attached hydrogen (secondary N) is 1. The minimum atomic E-state index is -0.990. The number of aromatic nitrogens is 2. The molecule has 4 heterocycles. The molecule has 0 radical (unpaired) electrons. The summed E-state index contributed by atoms with van der Waals surface area (Å²) >= 11 is 0. The predicted octanol–water partition coefficient (Wildman–Crippen LogP) is 5.58. The molecule has 0 spiro atoms. The van der Waals surface area contributed by atoms with E-state index in [1.807, 2.05) is 33.0 Å². The van der Waals surface area contributed by atoms with Gasteiger partial charge < -0.3 is 15.3 Å². The van der Waals surface area contributed by atoms with Crippen molar-refractivity contribution in [1.82, 2.24) is 9.38 Å². The molecule has 1 fully saturated rings. The van der Waals surface area contributed by atoms with Crippen LogP contribution in [-0.2, 0) is 0 Å². The summed E-state index contributed by atoms with van der Waals surface area (Å²) in [6.45, 7) is 5.79. The second-order valence-corrected chi connectivity index (χ2v) is 9.89. The van der Waals surface area contributed by atoms with Gasteiger partial charge in [-0.15, -0.1) is 0 Å². The van der Waals surface area contributed by atoms with Gasteiger partial charge in [-0.3, -0.25) is 9.20 Å². The lowest BCUT2D eigenvalue weighted by Gasteiger charge is -2.26. The van der Waals surface area contributed by atoms with Crippen LogP contribution in [0.2, 0.25) is 0 Å². The zero-order valence-electron chi connectivity index (χ0n) is 20.5. The second-order valence-electron chi connectivity index (χ2n) is 9.89. The molecule has 2 aliphatic rings. The van der Waals surface area contributed by atoms with E-state index in [4.69, 9.17) is 4.98 Å². The molecule has 2 aromatic carbocycles. The first-order valence-electron chi connectivity index (χ1n) is 12.3. The summed E-state index contributed by atoms with van der Waals surface area (Å²) < 4.78 is 1.63. The summed E-state index contributed by atoms with van der Waals surface area (Å²) in [7, 11) is 0. The third-order valence-corrected chi connectivity index (χ3v) is 7.63. The number of para-hydroxylation sites is 1. The number of hydrogen-bond donors (Lipinski definition) is 2. The van der Waals surface area contributed by atoms with Crippen LogP contribution < -0.4 is 15.8 Å². The van der Waals surface area contributed by atoms with Crippen LogP contribution in [-0.4, -0.2) is 20.5 Å². The van der Waals surface area contributed by atoms with Crippen LogP contribution >= 0.6 is 0 Å². The van der Waals surface area contributed by atoms with E-state index in [1.54, 1.807) is 28.7 Å². The first kappa shape index (κ1) is 22.3. The molecule has 2 N–H and O–H groups in total. The fraction of sp³-hybridized carbons (Fsp3) is 0.276. The Morgan fingerprint density at radius 1 is 1.06 bits per heavy atom. The van der Waals surface area contributed by atoms with Gasteiger partial charge in [-0.05, 0) is 68.5 Å². The molecule has 7 heteroatoms. The van der Waals surface area contributed by atoms with Crippen molar-refractivity contribution in [2.24, 2.45) is 0 Å². The Morgan fingerprint density at radius 2 is 1.69 bits per heavy atom. The summed E-state index contributed by atoms with van der Waals surface area (Å²) in [4.78, 5) is 32.8. The predicted molar refractivity (Wildman–Crippen MR) is 140 cm³/mol. The molecule has 182 valence electrons. The minimum absolute atomic E-state index is 0.0755. The molecule has 0 saturated carbocycles. The van der Waals surface area contributed by atoms with E-state index < -0.39 is 5.97 Å². The number of nitrogens with zero attached hydrogens (tertiary/aromatic N) is 3. The van der Waals surface area contributed by atoms with E-state index in [9.17, 15) is 14.7 Å². The van der Waals surface area contributed by atoms with Gasteiger partial charge in [0.25, 0.3) is 5.56 Å². The number of carbonyl (C=O) groups is 1. The number of pyridine rings is 1. The Labute approximate surface area is 209 Å². The number of anilines is 2. The topological polar surface area (TPSA) is 86.9 Å². The molecule has 2 bridgehead atoms. The third-order valence-electron chi connectivity index (χ3n) is 7.63. The SMILES string of the molecule is Cc1cc([C@@H](C)Nc2ccccc2C(=O)O)c2nc(N3C4CCC3c3ccccc34)c(C)c(=O)n2c1. The molecule has 0 aliphatic carbocycles. The molecule has 2 aromatic heterocycles. The number of fused-ring (bicyclic) bond motifs is 6. The highest BCUT2D eigenvalue weighted by molar-refractivity contribution is 5.94. The fourth-order valence-electron chi connectivity index (χ4n) is 6.00. The fourth-order valence-corrected chi connectivity index (χ4v) is 6.00. The average Bonchev–Trinajstić information content (AvgIpc) is 3.43.